The van der Waals surface area contributed by atoms with Crippen LogP contribution in [0.15, 0.2) is 53.0 Å². The molecule has 0 bridgehead atoms. The molecule has 1 heterocycles. The molecule has 90 valence electrons. The molecule has 0 fully saturated rings. The number of halogens is 2. The van der Waals surface area contributed by atoms with Crippen LogP contribution < -0.4 is 0 Å². The standard InChI is InChI=1S/C15H11BrClN/c1-10-9-11-5-2-3-7-13(11)18(10)14-8-4-6-12(16)15(14)17/h2-9H,1H3. The van der Waals surface area contributed by atoms with E-state index in [0.29, 0.717) is 0 Å². The Bertz CT molecular complexity index is 730. The molecule has 0 N–H and O–H groups in total. The van der Waals surface area contributed by atoms with Crippen LogP contribution in [0.4, 0.5) is 0 Å². The van der Waals surface area contributed by atoms with Crippen molar-refractivity contribution >= 4 is 38.4 Å². The number of rotatable bonds is 1. The summed E-state index contributed by atoms with van der Waals surface area (Å²) in [6.07, 6.45) is 0. The summed E-state index contributed by atoms with van der Waals surface area (Å²) in [5, 5.41) is 1.97. The average Bonchev–Trinajstić information content (AvgIpc) is 2.69. The second-order valence-corrected chi connectivity index (χ2v) is 5.49. The Morgan fingerprint density at radius 2 is 1.83 bits per heavy atom. The predicted octanol–water partition coefficient (Wildman–Crippen LogP) is 5.35. The van der Waals surface area contributed by atoms with Crippen molar-refractivity contribution in [1.82, 2.24) is 4.57 Å². The molecule has 0 aliphatic rings. The molecule has 0 saturated heterocycles. The van der Waals surface area contributed by atoms with Gasteiger partial charge in [0.25, 0.3) is 0 Å². The van der Waals surface area contributed by atoms with Crippen LogP contribution >= 0.6 is 27.5 Å². The van der Waals surface area contributed by atoms with Crippen LogP contribution in [0.25, 0.3) is 16.6 Å². The summed E-state index contributed by atoms with van der Waals surface area (Å²) in [5.41, 5.74) is 3.36. The quantitative estimate of drug-likeness (QED) is 0.569. The Labute approximate surface area is 119 Å². The molecule has 0 unspecified atom stereocenters. The van der Waals surface area contributed by atoms with Gasteiger partial charge in [0.05, 0.1) is 16.2 Å². The average molecular weight is 321 g/mol. The highest BCUT2D eigenvalue weighted by atomic mass is 79.9. The van der Waals surface area contributed by atoms with E-state index in [1.54, 1.807) is 0 Å². The fraction of sp³-hybridized carbons (Fsp3) is 0.0667. The van der Waals surface area contributed by atoms with Gasteiger partial charge in [0.1, 0.15) is 0 Å². The van der Waals surface area contributed by atoms with Crippen LogP contribution in [0.1, 0.15) is 5.69 Å². The zero-order valence-corrected chi connectivity index (χ0v) is 12.2. The van der Waals surface area contributed by atoms with Crippen molar-refractivity contribution in [2.75, 3.05) is 0 Å². The van der Waals surface area contributed by atoms with Crippen molar-refractivity contribution in [2.45, 2.75) is 6.92 Å². The van der Waals surface area contributed by atoms with Crippen molar-refractivity contribution in [3.63, 3.8) is 0 Å². The number of nitrogens with zero attached hydrogens (tertiary/aromatic N) is 1. The largest absolute Gasteiger partial charge is 0.312 e. The highest BCUT2D eigenvalue weighted by Crippen LogP contribution is 2.32. The lowest BCUT2D eigenvalue weighted by molar-refractivity contribution is 1.05. The minimum Gasteiger partial charge on any atom is -0.312 e. The molecule has 3 aromatic rings. The van der Waals surface area contributed by atoms with Crippen LogP contribution in [0.2, 0.25) is 5.02 Å². The number of para-hydroxylation sites is 1. The van der Waals surface area contributed by atoms with E-state index >= 15 is 0 Å². The number of aromatic nitrogens is 1. The molecule has 0 aliphatic heterocycles. The number of hydrogen-bond donors (Lipinski definition) is 0. The van der Waals surface area contributed by atoms with E-state index in [4.69, 9.17) is 11.6 Å². The maximum Gasteiger partial charge on any atom is 0.0788 e. The van der Waals surface area contributed by atoms with Gasteiger partial charge in [-0.05, 0) is 47.1 Å². The zero-order chi connectivity index (χ0) is 12.7. The molecule has 1 nitrogen and oxygen atoms in total. The number of fused-ring (bicyclic) bond motifs is 1. The summed E-state index contributed by atoms with van der Waals surface area (Å²) in [6.45, 7) is 2.09. The predicted molar refractivity (Wildman–Crippen MR) is 80.7 cm³/mol. The highest BCUT2D eigenvalue weighted by Gasteiger charge is 2.11. The normalized spacial score (nSPS) is 11.1. The van der Waals surface area contributed by atoms with Gasteiger partial charge in [-0.1, -0.05) is 35.9 Å². The van der Waals surface area contributed by atoms with Gasteiger partial charge in [0, 0.05) is 15.6 Å². The lowest BCUT2D eigenvalue weighted by Crippen LogP contribution is -1.97. The molecule has 0 saturated carbocycles. The summed E-state index contributed by atoms with van der Waals surface area (Å²) in [4.78, 5) is 0. The molecule has 18 heavy (non-hydrogen) atoms. The third-order valence-electron chi connectivity index (χ3n) is 3.07. The second-order valence-electron chi connectivity index (χ2n) is 4.25. The first kappa shape index (κ1) is 11.8. The third kappa shape index (κ3) is 1.76. The lowest BCUT2D eigenvalue weighted by Gasteiger charge is -2.11. The van der Waals surface area contributed by atoms with Crippen molar-refractivity contribution in [3.05, 3.63) is 63.7 Å². The van der Waals surface area contributed by atoms with Crippen molar-refractivity contribution in [1.29, 1.82) is 0 Å². The van der Waals surface area contributed by atoms with E-state index in [0.717, 1.165) is 15.2 Å². The Morgan fingerprint density at radius 1 is 1.06 bits per heavy atom. The van der Waals surface area contributed by atoms with E-state index in [9.17, 15) is 0 Å². The summed E-state index contributed by atoms with van der Waals surface area (Å²) in [6, 6.07) is 16.5. The van der Waals surface area contributed by atoms with Crippen molar-refractivity contribution < 1.29 is 0 Å². The van der Waals surface area contributed by atoms with E-state index < -0.39 is 0 Å². The van der Waals surface area contributed by atoms with E-state index in [1.165, 1.54) is 16.6 Å². The monoisotopic (exact) mass is 319 g/mol. The molecule has 3 heteroatoms. The maximum atomic E-state index is 6.39. The van der Waals surface area contributed by atoms with Gasteiger partial charge in [0.2, 0.25) is 0 Å². The molecular weight excluding hydrogens is 310 g/mol. The van der Waals surface area contributed by atoms with Gasteiger partial charge in [-0.3, -0.25) is 0 Å². The van der Waals surface area contributed by atoms with Gasteiger partial charge in [-0.25, -0.2) is 0 Å². The highest BCUT2D eigenvalue weighted by molar-refractivity contribution is 9.10. The SMILES string of the molecule is Cc1cc2ccccc2n1-c1cccc(Br)c1Cl. The second kappa shape index (κ2) is 4.45. The molecule has 0 spiro atoms. The minimum atomic E-state index is 0.738. The molecule has 2 aromatic carbocycles. The van der Waals surface area contributed by atoms with E-state index in [1.807, 2.05) is 24.3 Å². The molecule has 3 rings (SSSR count). The van der Waals surface area contributed by atoms with E-state index in [-0.39, 0.29) is 0 Å². The maximum absolute atomic E-state index is 6.39. The van der Waals surface area contributed by atoms with Gasteiger partial charge < -0.3 is 4.57 Å². The Balaban J connectivity index is 2.38. The first-order valence-electron chi connectivity index (χ1n) is 5.70. The summed E-state index contributed by atoms with van der Waals surface area (Å²) >= 11 is 9.86. The van der Waals surface area contributed by atoms with Gasteiger partial charge in [-0.15, -0.1) is 0 Å². The van der Waals surface area contributed by atoms with Crippen molar-refractivity contribution in [2.24, 2.45) is 0 Å². The molecule has 0 radical (unpaired) electrons. The van der Waals surface area contributed by atoms with E-state index in [2.05, 4.69) is 51.7 Å². The third-order valence-corrected chi connectivity index (χ3v) is 4.35. The fourth-order valence-corrected chi connectivity index (χ4v) is 2.84. The molecule has 1 aromatic heterocycles. The Morgan fingerprint density at radius 3 is 2.67 bits per heavy atom. The summed E-state index contributed by atoms with van der Waals surface area (Å²) in [5.74, 6) is 0. The van der Waals surface area contributed by atoms with Gasteiger partial charge in [0.15, 0.2) is 0 Å². The Hall–Kier alpha value is -1.25. The number of benzene rings is 2. The molecular formula is C15H11BrClN. The van der Waals surface area contributed by atoms with Gasteiger partial charge in [-0.2, -0.15) is 0 Å². The molecule has 0 aliphatic carbocycles. The summed E-state index contributed by atoms with van der Waals surface area (Å²) < 4.78 is 3.10. The van der Waals surface area contributed by atoms with Crippen molar-refractivity contribution in [3.8, 4) is 5.69 Å². The fourth-order valence-electron chi connectivity index (χ4n) is 2.28. The van der Waals surface area contributed by atoms with Gasteiger partial charge >= 0.3 is 0 Å². The van der Waals surface area contributed by atoms with Crippen LogP contribution in [0, 0.1) is 6.92 Å². The Kier molecular flexibility index (Phi) is 2.92. The van der Waals surface area contributed by atoms with Crippen LogP contribution in [-0.2, 0) is 0 Å². The zero-order valence-electron chi connectivity index (χ0n) is 9.82. The molecule has 0 amide bonds. The number of hydrogen-bond acceptors (Lipinski definition) is 0. The smallest absolute Gasteiger partial charge is 0.0788 e. The topological polar surface area (TPSA) is 4.93 Å². The summed E-state index contributed by atoms with van der Waals surface area (Å²) in [7, 11) is 0. The van der Waals surface area contributed by atoms with Crippen LogP contribution in [0.3, 0.4) is 0 Å². The first-order chi connectivity index (χ1) is 8.68. The van der Waals surface area contributed by atoms with Crippen LogP contribution in [-0.4, -0.2) is 4.57 Å². The lowest BCUT2D eigenvalue weighted by atomic mass is 10.2. The molecule has 0 atom stereocenters. The van der Waals surface area contributed by atoms with Crippen LogP contribution in [0.5, 0.6) is 0 Å². The first-order valence-corrected chi connectivity index (χ1v) is 6.87. The minimum absolute atomic E-state index is 0.738. The number of aryl methyl sites for hydroxylation is 1.